The molecule has 1 amide bonds. The van der Waals surface area contributed by atoms with E-state index in [4.69, 9.17) is 9.84 Å². The van der Waals surface area contributed by atoms with Gasteiger partial charge in [0.15, 0.2) is 0 Å². The van der Waals surface area contributed by atoms with E-state index in [2.05, 4.69) is 5.32 Å². The molecule has 84 valence electrons. The zero-order chi connectivity index (χ0) is 11.4. The summed E-state index contributed by atoms with van der Waals surface area (Å²) in [5.74, 6) is 0.00403. The molecule has 0 aliphatic carbocycles. The predicted octanol–water partition coefficient (Wildman–Crippen LogP) is 0.544. The second kappa shape index (κ2) is 5.32. The van der Waals surface area contributed by atoms with Gasteiger partial charge >= 0.3 is 0 Å². The zero-order valence-corrected chi connectivity index (χ0v) is 9.63. The molecule has 14 heavy (non-hydrogen) atoms. The first-order valence-electron chi connectivity index (χ1n) is 4.82. The zero-order valence-electron chi connectivity index (χ0n) is 9.63. The van der Waals surface area contributed by atoms with Crippen LogP contribution in [-0.2, 0) is 9.53 Å². The maximum atomic E-state index is 11.6. The number of rotatable bonds is 5. The fraction of sp³-hybridized carbons (Fsp3) is 0.900. The number of hydrogen-bond acceptors (Lipinski definition) is 3. The number of aliphatic hydroxyl groups excluding tert-OH is 1. The molecule has 0 saturated carbocycles. The van der Waals surface area contributed by atoms with Crippen LogP contribution in [-0.4, -0.2) is 36.4 Å². The number of ether oxygens (including phenoxy) is 1. The largest absolute Gasteiger partial charge is 0.394 e. The van der Waals surface area contributed by atoms with Gasteiger partial charge in [-0.25, -0.2) is 0 Å². The third kappa shape index (κ3) is 3.64. The molecule has 0 spiro atoms. The molecule has 0 aliphatic rings. The van der Waals surface area contributed by atoms with E-state index in [0.717, 1.165) is 0 Å². The van der Waals surface area contributed by atoms with Crippen LogP contribution in [0.25, 0.3) is 0 Å². The molecule has 0 aromatic heterocycles. The minimum absolute atomic E-state index is 0.0524. The average molecular weight is 203 g/mol. The van der Waals surface area contributed by atoms with Crippen molar-refractivity contribution in [3.63, 3.8) is 0 Å². The monoisotopic (exact) mass is 203 g/mol. The topological polar surface area (TPSA) is 58.6 Å². The fourth-order valence-corrected chi connectivity index (χ4v) is 0.858. The molecule has 0 aromatic carbocycles. The molecule has 0 aromatic rings. The highest BCUT2D eigenvalue weighted by molar-refractivity contribution is 5.84. The van der Waals surface area contributed by atoms with Crippen molar-refractivity contribution in [2.24, 2.45) is 5.92 Å². The second-order valence-electron chi connectivity index (χ2n) is 4.22. The molecular weight excluding hydrogens is 182 g/mol. The molecule has 0 aliphatic heterocycles. The van der Waals surface area contributed by atoms with Crippen LogP contribution in [0.5, 0.6) is 0 Å². The van der Waals surface area contributed by atoms with Crippen molar-refractivity contribution >= 4 is 5.91 Å². The second-order valence-corrected chi connectivity index (χ2v) is 4.22. The van der Waals surface area contributed by atoms with Crippen molar-refractivity contribution in [3.05, 3.63) is 0 Å². The van der Waals surface area contributed by atoms with Gasteiger partial charge in [-0.3, -0.25) is 4.79 Å². The molecule has 0 radical (unpaired) electrons. The number of carbonyl (C=O) groups excluding carboxylic acids is 1. The summed E-state index contributed by atoms with van der Waals surface area (Å²) < 4.78 is 5.03. The van der Waals surface area contributed by atoms with Crippen LogP contribution in [0.1, 0.15) is 27.7 Å². The number of methoxy groups -OCH3 is 1. The lowest BCUT2D eigenvalue weighted by Crippen LogP contribution is -2.50. The van der Waals surface area contributed by atoms with Crippen molar-refractivity contribution in [2.75, 3.05) is 13.7 Å². The summed E-state index contributed by atoms with van der Waals surface area (Å²) in [6.45, 7) is 7.22. The Balaban J connectivity index is 4.30. The molecule has 4 heteroatoms. The Bertz CT molecular complexity index is 190. The van der Waals surface area contributed by atoms with E-state index in [-0.39, 0.29) is 24.5 Å². The van der Waals surface area contributed by atoms with Crippen LogP contribution in [0.4, 0.5) is 0 Å². The minimum Gasteiger partial charge on any atom is -0.394 e. The number of carbonyl (C=O) groups is 1. The highest BCUT2D eigenvalue weighted by Gasteiger charge is 2.29. The SMILES string of the molecule is COC(C)(C)C(=O)N[C@H](CO)C(C)C. The number of hydrogen-bond donors (Lipinski definition) is 2. The molecule has 0 heterocycles. The maximum absolute atomic E-state index is 11.6. The third-order valence-corrected chi connectivity index (χ3v) is 2.38. The summed E-state index contributed by atoms with van der Waals surface area (Å²) in [5.41, 5.74) is -0.845. The molecule has 0 bridgehead atoms. The van der Waals surface area contributed by atoms with E-state index in [1.165, 1.54) is 7.11 Å². The van der Waals surface area contributed by atoms with Gasteiger partial charge < -0.3 is 15.2 Å². The van der Waals surface area contributed by atoms with Gasteiger partial charge in [-0.1, -0.05) is 13.8 Å². The third-order valence-electron chi connectivity index (χ3n) is 2.38. The number of amides is 1. The van der Waals surface area contributed by atoms with Crippen LogP contribution in [0, 0.1) is 5.92 Å². The maximum Gasteiger partial charge on any atom is 0.251 e. The first-order chi connectivity index (χ1) is 6.35. The molecule has 0 fully saturated rings. The van der Waals surface area contributed by atoms with Gasteiger partial charge in [0.25, 0.3) is 5.91 Å². The molecular formula is C10H21NO3. The Morgan fingerprint density at radius 1 is 1.50 bits per heavy atom. The van der Waals surface area contributed by atoms with Crippen LogP contribution in [0.2, 0.25) is 0 Å². The minimum atomic E-state index is -0.845. The summed E-state index contributed by atoms with van der Waals surface area (Å²) in [6.07, 6.45) is 0. The standard InChI is InChI=1S/C10H21NO3/c1-7(2)8(6-12)11-9(13)10(3,4)14-5/h7-8,12H,6H2,1-5H3,(H,11,13)/t8-/m1/s1. The lowest BCUT2D eigenvalue weighted by atomic mass is 10.0. The summed E-state index contributed by atoms with van der Waals surface area (Å²) in [7, 11) is 1.49. The van der Waals surface area contributed by atoms with Gasteiger partial charge in [0.05, 0.1) is 12.6 Å². The van der Waals surface area contributed by atoms with Gasteiger partial charge in [-0.05, 0) is 19.8 Å². The summed E-state index contributed by atoms with van der Waals surface area (Å²) >= 11 is 0. The highest BCUT2D eigenvalue weighted by atomic mass is 16.5. The molecule has 2 N–H and O–H groups in total. The molecule has 4 nitrogen and oxygen atoms in total. The van der Waals surface area contributed by atoms with Gasteiger partial charge in [0, 0.05) is 7.11 Å². The van der Waals surface area contributed by atoms with Gasteiger partial charge in [0.2, 0.25) is 0 Å². The first-order valence-corrected chi connectivity index (χ1v) is 4.82. The Kier molecular flexibility index (Phi) is 5.08. The molecule has 0 saturated heterocycles. The Labute approximate surface area is 85.6 Å². The van der Waals surface area contributed by atoms with E-state index >= 15 is 0 Å². The summed E-state index contributed by atoms with van der Waals surface area (Å²) in [5, 5.41) is 11.8. The summed E-state index contributed by atoms with van der Waals surface area (Å²) in [4.78, 5) is 11.6. The lowest BCUT2D eigenvalue weighted by molar-refractivity contribution is -0.141. The van der Waals surface area contributed by atoms with Crippen molar-refractivity contribution in [3.8, 4) is 0 Å². The number of nitrogens with one attached hydrogen (secondary N) is 1. The molecule has 0 rings (SSSR count). The van der Waals surface area contributed by atoms with E-state index < -0.39 is 5.60 Å². The lowest BCUT2D eigenvalue weighted by Gasteiger charge is -2.27. The van der Waals surface area contributed by atoms with Gasteiger partial charge in [-0.15, -0.1) is 0 Å². The Morgan fingerprint density at radius 2 is 2.00 bits per heavy atom. The average Bonchev–Trinajstić information content (AvgIpc) is 2.12. The smallest absolute Gasteiger partial charge is 0.251 e. The molecule has 0 unspecified atom stereocenters. The van der Waals surface area contributed by atoms with E-state index in [9.17, 15) is 4.79 Å². The Hall–Kier alpha value is -0.610. The van der Waals surface area contributed by atoms with E-state index in [1.807, 2.05) is 13.8 Å². The van der Waals surface area contributed by atoms with Crippen molar-refractivity contribution in [1.82, 2.24) is 5.32 Å². The van der Waals surface area contributed by atoms with Crippen molar-refractivity contribution in [2.45, 2.75) is 39.3 Å². The van der Waals surface area contributed by atoms with Gasteiger partial charge in [-0.2, -0.15) is 0 Å². The quantitative estimate of drug-likeness (QED) is 0.686. The van der Waals surface area contributed by atoms with Crippen molar-refractivity contribution < 1.29 is 14.6 Å². The molecule has 1 atom stereocenters. The first kappa shape index (κ1) is 13.4. The number of aliphatic hydroxyl groups is 1. The Morgan fingerprint density at radius 3 is 2.29 bits per heavy atom. The van der Waals surface area contributed by atoms with Crippen LogP contribution >= 0.6 is 0 Å². The normalized spacial score (nSPS) is 14.2. The van der Waals surface area contributed by atoms with Crippen molar-refractivity contribution in [1.29, 1.82) is 0 Å². The fourth-order valence-electron chi connectivity index (χ4n) is 0.858. The van der Waals surface area contributed by atoms with Gasteiger partial charge in [0.1, 0.15) is 5.60 Å². The van der Waals surface area contributed by atoms with Crippen LogP contribution in [0.15, 0.2) is 0 Å². The van der Waals surface area contributed by atoms with Crippen LogP contribution < -0.4 is 5.32 Å². The van der Waals surface area contributed by atoms with E-state index in [1.54, 1.807) is 13.8 Å². The predicted molar refractivity (Wildman–Crippen MR) is 54.9 cm³/mol. The summed E-state index contributed by atoms with van der Waals surface area (Å²) in [6, 6.07) is -0.211. The highest BCUT2D eigenvalue weighted by Crippen LogP contribution is 2.09. The van der Waals surface area contributed by atoms with Crippen LogP contribution in [0.3, 0.4) is 0 Å². The van der Waals surface area contributed by atoms with E-state index in [0.29, 0.717) is 0 Å².